The largest absolute Gasteiger partial charge is 0.394 e. The zero-order valence-corrected chi connectivity index (χ0v) is 28.6. The number of nitrogens with zero attached hydrogens (tertiary/aromatic N) is 3. The lowest BCUT2D eigenvalue weighted by Gasteiger charge is -2.46. The maximum Gasteiger partial charge on any atom is 0.249 e. The predicted octanol–water partition coefficient (Wildman–Crippen LogP) is 5.17. The summed E-state index contributed by atoms with van der Waals surface area (Å²) in [5.41, 5.74) is -1.40. The number of amides is 3. The van der Waals surface area contributed by atoms with Crippen molar-refractivity contribution < 1.29 is 24.2 Å². The molecule has 2 aromatic rings. The van der Waals surface area contributed by atoms with Crippen LogP contribution in [-0.2, 0) is 25.5 Å². The molecule has 0 bridgehead atoms. The summed E-state index contributed by atoms with van der Waals surface area (Å²) in [5, 5.41) is 10.9. The Morgan fingerprint density at radius 3 is 2.11 bits per heavy atom. The van der Waals surface area contributed by atoms with Crippen molar-refractivity contribution in [2.75, 3.05) is 24.6 Å². The van der Waals surface area contributed by atoms with Gasteiger partial charge in [-0.1, -0.05) is 101 Å². The van der Waals surface area contributed by atoms with Crippen LogP contribution in [0.4, 0.5) is 5.69 Å². The SMILES string of the molecule is CC[C@]12C=CCN(c3ccccc3)C(=O)[C@H]1[C@H]1C(=O)N([C@@H](CO)Cc3ccccc3)C3C(=O)N(C(C)(C)CC(C)(C)C)CC=C[C@@]31O2. The summed E-state index contributed by atoms with van der Waals surface area (Å²) in [4.78, 5) is 50.3. The van der Waals surface area contributed by atoms with Gasteiger partial charge < -0.3 is 24.5 Å². The molecule has 2 aromatic carbocycles. The third-order valence-electron chi connectivity index (χ3n) is 10.6. The summed E-state index contributed by atoms with van der Waals surface area (Å²) in [7, 11) is 0. The number of aliphatic hydroxyl groups excluding tert-OH is 1. The van der Waals surface area contributed by atoms with Gasteiger partial charge in [0.1, 0.15) is 11.6 Å². The molecule has 4 aliphatic heterocycles. The van der Waals surface area contributed by atoms with E-state index >= 15 is 9.59 Å². The maximum absolute atomic E-state index is 15.2. The van der Waals surface area contributed by atoms with Crippen LogP contribution in [0.25, 0.3) is 0 Å². The van der Waals surface area contributed by atoms with E-state index in [9.17, 15) is 9.90 Å². The van der Waals surface area contributed by atoms with Gasteiger partial charge in [0.2, 0.25) is 17.7 Å². The molecule has 0 aliphatic carbocycles. The van der Waals surface area contributed by atoms with Crippen molar-refractivity contribution in [1.29, 1.82) is 0 Å². The van der Waals surface area contributed by atoms with Crippen LogP contribution < -0.4 is 4.90 Å². The Kier molecular flexibility index (Phi) is 8.50. The Hall–Kier alpha value is -3.75. The van der Waals surface area contributed by atoms with Crippen LogP contribution in [0.15, 0.2) is 85.0 Å². The van der Waals surface area contributed by atoms with Gasteiger partial charge in [0.05, 0.1) is 30.1 Å². The minimum atomic E-state index is -1.40. The van der Waals surface area contributed by atoms with Crippen molar-refractivity contribution in [3.63, 3.8) is 0 Å². The molecule has 1 N–H and O–H groups in total. The number of ether oxygens (including phenoxy) is 1. The quantitative estimate of drug-likeness (QED) is 0.403. The number of likely N-dealkylation sites (tertiary alicyclic amines) is 1. The van der Waals surface area contributed by atoms with Crippen molar-refractivity contribution >= 4 is 23.4 Å². The van der Waals surface area contributed by atoms with E-state index in [-0.39, 0.29) is 29.7 Å². The van der Waals surface area contributed by atoms with Gasteiger partial charge in [0, 0.05) is 24.3 Å². The average molecular weight is 640 g/mol. The van der Waals surface area contributed by atoms with E-state index < -0.39 is 40.7 Å². The highest BCUT2D eigenvalue weighted by atomic mass is 16.5. The first-order valence-corrected chi connectivity index (χ1v) is 17.0. The van der Waals surface area contributed by atoms with E-state index in [1.165, 1.54) is 0 Å². The maximum atomic E-state index is 15.2. The molecular weight excluding hydrogens is 590 g/mol. The fraction of sp³-hybridized carbons (Fsp3) is 0.513. The number of benzene rings is 2. The van der Waals surface area contributed by atoms with Gasteiger partial charge in [-0.25, -0.2) is 0 Å². The first-order valence-electron chi connectivity index (χ1n) is 17.0. The lowest BCUT2D eigenvalue weighted by molar-refractivity contribution is -0.159. The molecule has 1 unspecified atom stereocenters. The van der Waals surface area contributed by atoms with Crippen molar-refractivity contribution in [3.8, 4) is 0 Å². The van der Waals surface area contributed by atoms with Gasteiger partial charge >= 0.3 is 0 Å². The minimum Gasteiger partial charge on any atom is -0.394 e. The summed E-state index contributed by atoms with van der Waals surface area (Å²) in [6, 6.07) is 17.4. The molecule has 2 saturated heterocycles. The number of anilines is 1. The van der Waals surface area contributed by atoms with Gasteiger partial charge in [-0.15, -0.1) is 0 Å². The second-order valence-corrected chi connectivity index (χ2v) is 15.5. The monoisotopic (exact) mass is 639 g/mol. The van der Waals surface area contributed by atoms with E-state index in [4.69, 9.17) is 4.74 Å². The zero-order valence-electron chi connectivity index (χ0n) is 28.6. The normalized spacial score (nSPS) is 29.8. The van der Waals surface area contributed by atoms with E-state index in [1.54, 1.807) is 9.80 Å². The number of carbonyl (C=O) groups is 3. The van der Waals surface area contributed by atoms with Crippen molar-refractivity contribution in [1.82, 2.24) is 9.80 Å². The molecule has 4 aliphatic rings. The molecule has 0 saturated carbocycles. The smallest absolute Gasteiger partial charge is 0.249 e. The van der Waals surface area contributed by atoms with Gasteiger partial charge in [-0.05, 0) is 56.2 Å². The lowest BCUT2D eigenvalue weighted by atomic mass is 9.72. The number of fused-ring (bicyclic) bond motifs is 2. The summed E-state index contributed by atoms with van der Waals surface area (Å²) < 4.78 is 7.20. The Bertz CT molecular complexity index is 1560. The molecule has 0 aromatic heterocycles. The number of rotatable bonds is 8. The molecular formula is C39H49N3O5. The molecule has 4 heterocycles. The third kappa shape index (κ3) is 5.53. The molecule has 8 nitrogen and oxygen atoms in total. The third-order valence-corrected chi connectivity index (χ3v) is 10.6. The van der Waals surface area contributed by atoms with Crippen LogP contribution in [0.1, 0.15) is 59.9 Å². The van der Waals surface area contributed by atoms with Crippen molar-refractivity contribution in [2.45, 2.75) is 89.6 Å². The van der Waals surface area contributed by atoms with E-state index in [2.05, 4.69) is 34.6 Å². The lowest BCUT2D eigenvalue weighted by Crippen LogP contribution is -2.62. The van der Waals surface area contributed by atoms with Crippen LogP contribution in [0.3, 0.4) is 0 Å². The first kappa shape index (κ1) is 33.2. The topological polar surface area (TPSA) is 90.4 Å². The van der Waals surface area contributed by atoms with Gasteiger partial charge in [-0.3, -0.25) is 14.4 Å². The molecule has 6 atom stereocenters. The number of hydrogen-bond donors (Lipinski definition) is 1. The number of para-hydroxylation sites is 1. The number of hydrogen-bond acceptors (Lipinski definition) is 5. The fourth-order valence-electron chi connectivity index (χ4n) is 9.01. The number of aliphatic hydroxyl groups is 1. The molecule has 47 heavy (non-hydrogen) atoms. The highest BCUT2D eigenvalue weighted by molar-refractivity contribution is 6.04. The Morgan fingerprint density at radius 1 is 0.851 bits per heavy atom. The standard InChI is InChI=1S/C39H49N3O5/c1-7-38-20-14-22-40(28-18-12-9-13-19-28)33(44)30(38)31-34(45)42(29(25-43)24-27-16-10-8-11-17-27)32-35(46)41(23-15-21-39(31,32)47-38)37(5,6)26-36(2,3)4/h8-21,29-32,43H,7,22-26H2,1-6H3/t29-,30-,31+,32?,38+,39+/m1/s1. The highest BCUT2D eigenvalue weighted by Gasteiger charge is 2.76. The predicted molar refractivity (Wildman–Crippen MR) is 182 cm³/mol. The van der Waals surface area contributed by atoms with Crippen molar-refractivity contribution in [3.05, 3.63) is 90.5 Å². The molecule has 1 spiro atoms. The first-order chi connectivity index (χ1) is 22.3. The van der Waals surface area contributed by atoms with E-state index in [0.29, 0.717) is 25.9 Å². The van der Waals surface area contributed by atoms with Gasteiger partial charge in [0.15, 0.2) is 0 Å². The molecule has 0 radical (unpaired) electrons. The van der Waals surface area contributed by atoms with Crippen LogP contribution in [0, 0.1) is 17.3 Å². The molecule has 6 rings (SSSR count). The summed E-state index contributed by atoms with van der Waals surface area (Å²) in [6.45, 7) is 13.0. The second kappa shape index (κ2) is 12.0. The molecule has 2 fully saturated rings. The summed E-state index contributed by atoms with van der Waals surface area (Å²) >= 11 is 0. The average Bonchev–Trinajstić information content (AvgIpc) is 3.32. The second-order valence-electron chi connectivity index (χ2n) is 15.5. The Labute approximate surface area is 279 Å². The van der Waals surface area contributed by atoms with Crippen LogP contribution in [0.5, 0.6) is 0 Å². The zero-order chi connectivity index (χ0) is 33.8. The molecule has 3 amide bonds. The minimum absolute atomic E-state index is 0.0619. The van der Waals surface area contributed by atoms with Gasteiger partial charge in [-0.2, -0.15) is 0 Å². The fourth-order valence-corrected chi connectivity index (χ4v) is 9.01. The van der Waals surface area contributed by atoms with Crippen LogP contribution in [0.2, 0.25) is 0 Å². The van der Waals surface area contributed by atoms with E-state index in [1.807, 2.05) is 96.8 Å². The van der Waals surface area contributed by atoms with E-state index in [0.717, 1.165) is 17.7 Å². The molecule has 250 valence electrons. The molecule has 8 heteroatoms. The van der Waals surface area contributed by atoms with Gasteiger partial charge in [0.25, 0.3) is 0 Å². The number of carbonyl (C=O) groups excluding carboxylic acids is 3. The van der Waals surface area contributed by atoms with Crippen molar-refractivity contribution in [2.24, 2.45) is 17.3 Å². The Balaban J connectivity index is 1.51. The highest BCUT2D eigenvalue weighted by Crippen LogP contribution is 2.59. The van der Waals surface area contributed by atoms with Crippen LogP contribution >= 0.6 is 0 Å². The summed E-state index contributed by atoms with van der Waals surface area (Å²) in [6.07, 6.45) is 9.32. The Morgan fingerprint density at radius 2 is 1.49 bits per heavy atom. The van der Waals surface area contributed by atoms with Crippen LogP contribution in [-0.4, -0.2) is 81.1 Å². The summed E-state index contributed by atoms with van der Waals surface area (Å²) in [5.74, 6) is -2.56.